The number of piperidine rings is 1. The van der Waals surface area contributed by atoms with E-state index in [0.717, 1.165) is 34.1 Å². The van der Waals surface area contributed by atoms with Gasteiger partial charge in [-0.2, -0.15) is 0 Å². The molecule has 3 rings (SSSR count). The summed E-state index contributed by atoms with van der Waals surface area (Å²) in [7, 11) is 0. The van der Waals surface area contributed by atoms with E-state index in [1.165, 1.54) is 0 Å². The summed E-state index contributed by atoms with van der Waals surface area (Å²) in [6, 6.07) is 5.04. The molecule has 1 saturated heterocycles. The molecule has 1 aliphatic heterocycles. The van der Waals surface area contributed by atoms with Crippen LogP contribution in [0.1, 0.15) is 46.9 Å². The standard InChI is InChI=1S/C19H21N3O3/c1-4-13-11(3)16(12-7-5-6-10(2)17(12)20-13)19(25)21-14-8-9-15(23)22-18(14)24/h5-7,14H,4,8-9H2,1-3H3,(H,21,25)(H,22,23,24). The van der Waals surface area contributed by atoms with Crippen molar-refractivity contribution in [2.24, 2.45) is 0 Å². The van der Waals surface area contributed by atoms with Crippen LogP contribution in [0.2, 0.25) is 0 Å². The first-order chi connectivity index (χ1) is 11.9. The average Bonchev–Trinajstić information content (AvgIpc) is 2.57. The van der Waals surface area contributed by atoms with Crippen molar-refractivity contribution in [2.75, 3.05) is 0 Å². The Hall–Kier alpha value is -2.76. The number of nitrogens with one attached hydrogen (secondary N) is 2. The van der Waals surface area contributed by atoms with Crippen LogP contribution in [-0.4, -0.2) is 28.7 Å². The van der Waals surface area contributed by atoms with Crippen molar-refractivity contribution in [3.8, 4) is 0 Å². The quantitative estimate of drug-likeness (QED) is 0.837. The van der Waals surface area contributed by atoms with Gasteiger partial charge in [-0.1, -0.05) is 25.1 Å². The molecule has 2 heterocycles. The molecule has 0 bridgehead atoms. The van der Waals surface area contributed by atoms with Crippen molar-refractivity contribution in [1.29, 1.82) is 0 Å². The number of nitrogens with zero attached hydrogens (tertiary/aromatic N) is 1. The summed E-state index contributed by atoms with van der Waals surface area (Å²) in [5.74, 6) is -1.06. The van der Waals surface area contributed by atoms with Gasteiger partial charge >= 0.3 is 0 Å². The van der Waals surface area contributed by atoms with Crippen LogP contribution in [0.4, 0.5) is 0 Å². The molecule has 1 aromatic heterocycles. The van der Waals surface area contributed by atoms with Crippen LogP contribution < -0.4 is 10.6 Å². The summed E-state index contributed by atoms with van der Waals surface area (Å²) >= 11 is 0. The van der Waals surface area contributed by atoms with E-state index >= 15 is 0 Å². The van der Waals surface area contributed by atoms with E-state index in [0.29, 0.717) is 12.0 Å². The second kappa shape index (κ2) is 6.63. The first-order valence-corrected chi connectivity index (χ1v) is 8.45. The number of amides is 3. The van der Waals surface area contributed by atoms with Crippen molar-refractivity contribution in [3.05, 3.63) is 40.6 Å². The van der Waals surface area contributed by atoms with Gasteiger partial charge in [-0.25, -0.2) is 0 Å². The van der Waals surface area contributed by atoms with Crippen molar-refractivity contribution < 1.29 is 14.4 Å². The Morgan fingerprint density at radius 2 is 2.08 bits per heavy atom. The maximum Gasteiger partial charge on any atom is 0.252 e. The minimum absolute atomic E-state index is 0.228. The van der Waals surface area contributed by atoms with Crippen molar-refractivity contribution >= 4 is 28.6 Å². The molecule has 0 saturated carbocycles. The fourth-order valence-corrected chi connectivity index (χ4v) is 3.27. The van der Waals surface area contributed by atoms with Gasteiger partial charge in [-0.3, -0.25) is 24.7 Å². The number of benzene rings is 1. The number of carbonyl (C=O) groups excluding carboxylic acids is 3. The van der Waals surface area contributed by atoms with Crippen molar-refractivity contribution in [3.63, 3.8) is 0 Å². The van der Waals surface area contributed by atoms with E-state index in [2.05, 4.69) is 10.6 Å². The van der Waals surface area contributed by atoms with Crippen LogP contribution in [-0.2, 0) is 16.0 Å². The summed E-state index contributed by atoms with van der Waals surface area (Å²) in [4.78, 5) is 40.9. The van der Waals surface area contributed by atoms with Crippen LogP contribution in [0.25, 0.3) is 10.9 Å². The number of rotatable bonds is 3. The van der Waals surface area contributed by atoms with Gasteiger partial charge in [0.15, 0.2) is 0 Å². The summed E-state index contributed by atoms with van der Waals surface area (Å²) in [6.45, 7) is 5.85. The lowest BCUT2D eigenvalue weighted by Crippen LogP contribution is -2.52. The number of carbonyl (C=O) groups is 3. The van der Waals surface area contributed by atoms with E-state index < -0.39 is 11.9 Å². The molecule has 6 nitrogen and oxygen atoms in total. The molecule has 3 amide bonds. The number of aromatic nitrogens is 1. The topological polar surface area (TPSA) is 88.2 Å². The van der Waals surface area contributed by atoms with Gasteiger partial charge < -0.3 is 5.32 Å². The van der Waals surface area contributed by atoms with Gasteiger partial charge in [0.05, 0.1) is 11.1 Å². The maximum absolute atomic E-state index is 13.0. The third-order valence-electron chi connectivity index (χ3n) is 4.67. The largest absolute Gasteiger partial charge is 0.340 e. The van der Waals surface area contributed by atoms with Crippen LogP contribution in [0.5, 0.6) is 0 Å². The fraction of sp³-hybridized carbons (Fsp3) is 0.368. The Kier molecular flexibility index (Phi) is 4.53. The van der Waals surface area contributed by atoms with E-state index in [-0.39, 0.29) is 18.2 Å². The van der Waals surface area contributed by atoms with Crippen LogP contribution >= 0.6 is 0 Å². The Labute approximate surface area is 146 Å². The molecule has 6 heteroatoms. The second-order valence-electron chi connectivity index (χ2n) is 6.36. The predicted octanol–water partition coefficient (Wildman–Crippen LogP) is 1.95. The third-order valence-corrected chi connectivity index (χ3v) is 4.67. The highest BCUT2D eigenvalue weighted by Crippen LogP contribution is 2.26. The Morgan fingerprint density at radius 3 is 2.76 bits per heavy atom. The zero-order chi connectivity index (χ0) is 18.1. The number of para-hydroxylation sites is 1. The van der Waals surface area contributed by atoms with E-state index in [4.69, 9.17) is 4.98 Å². The van der Waals surface area contributed by atoms with Gasteiger partial charge in [0.1, 0.15) is 6.04 Å². The average molecular weight is 339 g/mol. The monoisotopic (exact) mass is 339 g/mol. The highest BCUT2D eigenvalue weighted by molar-refractivity contribution is 6.10. The van der Waals surface area contributed by atoms with E-state index in [9.17, 15) is 14.4 Å². The molecule has 2 aromatic rings. The number of hydrogen-bond acceptors (Lipinski definition) is 4. The number of hydrogen-bond donors (Lipinski definition) is 2. The van der Waals surface area contributed by atoms with Gasteiger partial charge in [0, 0.05) is 17.5 Å². The molecule has 1 aromatic carbocycles. The summed E-state index contributed by atoms with van der Waals surface area (Å²) in [5, 5.41) is 5.82. The minimum atomic E-state index is -0.692. The van der Waals surface area contributed by atoms with Gasteiger partial charge in [-0.05, 0) is 37.8 Å². The number of fused-ring (bicyclic) bond motifs is 1. The molecular weight excluding hydrogens is 318 g/mol. The molecule has 0 spiro atoms. The minimum Gasteiger partial charge on any atom is -0.340 e. The van der Waals surface area contributed by atoms with Crippen molar-refractivity contribution in [1.82, 2.24) is 15.6 Å². The van der Waals surface area contributed by atoms with Crippen LogP contribution in [0.15, 0.2) is 18.2 Å². The Balaban J connectivity index is 2.03. The summed E-state index contributed by atoms with van der Waals surface area (Å²) in [5.41, 5.74) is 4.05. The molecule has 1 atom stereocenters. The second-order valence-corrected chi connectivity index (χ2v) is 6.36. The first-order valence-electron chi connectivity index (χ1n) is 8.45. The first kappa shape index (κ1) is 17.1. The molecule has 1 aliphatic rings. The fourth-order valence-electron chi connectivity index (χ4n) is 3.27. The SMILES string of the molecule is CCc1nc2c(C)cccc2c(C(=O)NC2CCC(=O)NC2=O)c1C. The summed E-state index contributed by atoms with van der Waals surface area (Å²) in [6.07, 6.45) is 1.26. The molecule has 2 N–H and O–H groups in total. The van der Waals surface area contributed by atoms with Gasteiger partial charge in [0.2, 0.25) is 11.8 Å². The van der Waals surface area contributed by atoms with Crippen molar-refractivity contribution in [2.45, 2.75) is 46.1 Å². The maximum atomic E-state index is 13.0. The molecule has 130 valence electrons. The smallest absolute Gasteiger partial charge is 0.252 e. The molecule has 1 fully saturated rings. The van der Waals surface area contributed by atoms with E-state index in [1.807, 2.05) is 39.0 Å². The zero-order valence-electron chi connectivity index (χ0n) is 14.6. The number of imide groups is 1. The Morgan fingerprint density at radius 1 is 1.32 bits per heavy atom. The highest BCUT2D eigenvalue weighted by atomic mass is 16.2. The van der Waals surface area contributed by atoms with Gasteiger partial charge in [-0.15, -0.1) is 0 Å². The van der Waals surface area contributed by atoms with Crippen LogP contribution in [0.3, 0.4) is 0 Å². The Bertz CT molecular complexity index is 889. The molecular formula is C19H21N3O3. The lowest BCUT2D eigenvalue weighted by atomic mass is 9.97. The molecule has 1 unspecified atom stereocenters. The zero-order valence-corrected chi connectivity index (χ0v) is 14.6. The molecule has 0 aliphatic carbocycles. The lowest BCUT2D eigenvalue weighted by Gasteiger charge is -2.23. The van der Waals surface area contributed by atoms with Crippen LogP contribution in [0, 0.1) is 13.8 Å². The van der Waals surface area contributed by atoms with Gasteiger partial charge in [0.25, 0.3) is 5.91 Å². The number of aryl methyl sites for hydroxylation is 2. The third kappa shape index (κ3) is 3.12. The number of pyridine rings is 1. The predicted molar refractivity (Wildman–Crippen MR) is 94.2 cm³/mol. The molecule has 25 heavy (non-hydrogen) atoms. The summed E-state index contributed by atoms with van der Waals surface area (Å²) < 4.78 is 0. The molecule has 0 radical (unpaired) electrons. The van der Waals surface area contributed by atoms with E-state index in [1.54, 1.807) is 0 Å². The normalized spacial score (nSPS) is 17.5. The highest BCUT2D eigenvalue weighted by Gasteiger charge is 2.29. The lowest BCUT2D eigenvalue weighted by molar-refractivity contribution is -0.134.